The van der Waals surface area contributed by atoms with Gasteiger partial charge in [-0.25, -0.2) is 4.39 Å². The minimum atomic E-state index is -0.413. The maximum absolute atomic E-state index is 13.2. The Morgan fingerprint density at radius 3 is 2.61 bits per heavy atom. The first kappa shape index (κ1) is 17.9. The summed E-state index contributed by atoms with van der Waals surface area (Å²) in [4.78, 5) is 6.04. The molecule has 1 saturated heterocycles. The van der Waals surface area contributed by atoms with Gasteiger partial charge in [-0.05, 0) is 11.6 Å². The van der Waals surface area contributed by atoms with Crippen molar-refractivity contribution >= 4 is 36.4 Å². The third-order valence-electron chi connectivity index (χ3n) is 2.90. The molecule has 0 amide bonds. The van der Waals surface area contributed by atoms with Gasteiger partial charge in [-0.1, -0.05) is 11.6 Å². The van der Waals surface area contributed by atoms with Gasteiger partial charge in [-0.2, -0.15) is 0 Å². The topological polar surface area (TPSA) is 28.2 Å². The van der Waals surface area contributed by atoms with Gasteiger partial charge in [0.2, 0.25) is 0 Å². The van der Waals surface area contributed by atoms with Crippen molar-refractivity contribution in [2.24, 2.45) is 0 Å². The summed E-state index contributed by atoms with van der Waals surface area (Å²) >= 11 is 6.05. The molecule has 0 spiro atoms. The fraction of sp³-hybridized carbons (Fsp3) is 0.545. The predicted molar refractivity (Wildman–Crippen MR) is 76.9 cm³/mol. The lowest BCUT2D eigenvalue weighted by atomic mass is 10.1. The summed E-state index contributed by atoms with van der Waals surface area (Å²) in [6, 6.07) is 1.56. The quantitative estimate of drug-likeness (QED) is 0.928. The lowest BCUT2D eigenvalue weighted by molar-refractivity contribution is 0.147. The third kappa shape index (κ3) is 4.21. The molecule has 0 unspecified atom stereocenters. The molecule has 3 nitrogen and oxygen atoms in total. The molecule has 1 aromatic rings. The molecule has 1 atom stereocenters. The zero-order valence-corrected chi connectivity index (χ0v) is 12.2. The van der Waals surface area contributed by atoms with Crippen molar-refractivity contribution in [3.05, 3.63) is 29.0 Å². The smallest absolute Gasteiger partial charge is 0.109 e. The Labute approximate surface area is 124 Å². The SMILES string of the molecule is Cl.Cl.FC[C@@H](c1ccncc1Cl)N1CCNCC1. The Bertz CT molecular complexity index is 348. The van der Waals surface area contributed by atoms with E-state index in [4.69, 9.17) is 11.6 Å². The number of hydrogen-bond acceptors (Lipinski definition) is 3. The molecular weight excluding hydrogens is 299 g/mol. The van der Waals surface area contributed by atoms with Crippen LogP contribution in [-0.2, 0) is 0 Å². The van der Waals surface area contributed by atoms with Crippen molar-refractivity contribution in [1.29, 1.82) is 0 Å². The van der Waals surface area contributed by atoms with Gasteiger partial charge in [-0.15, -0.1) is 24.8 Å². The van der Waals surface area contributed by atoms with Crippen LogP contribution in [0, 0.1) is 0 Å². The molecule has 0 aromatic carbocycles. The Balaban J connectivity index is 0.00000144. The molecule has 2 rings (SSSR count). The van der Waals surface area contributed by atoms with Gasteiger partial charge < -0.3 is 5.32 Å². The maximum Gasteiger partial charge on any atom is 0.109 e. The van der Waals surface area contributed by atoms with Crippen molar-refractivity contribution in [3.8, 4) is 0 Å². The van der Waals surface area contributed by atoms with Crippen molar-refractivity contribution in [1.82, 2.24) is 15.2 Å². The minimum absolute atomic E-state index is 0. The second-order valence-corrected chi connectivity index (χ2v) is 4.26. The van der Waals surface area contributed by atoms with Crippen LogP contribution in [-0.4, -0.2) is 42.7 Å². The van der Waals surface area contributed by atoms with E-state index in [1.165, 1.54) is 0 Å². The molecule has 0 radical (unpaired) electrons. The maximum atomic E-state index is 13.2. The molecule has 1 N–H and O–H groups in total. The summed E-state index contributed by atoms with van der Waals surface area (Å²) in [5.41, 5.74) is 0.834. The molecule has 1 aliphatic rings. The van der Waals surface area contributed by atoms with Crippen LogP contribution in [0.3, 0.4) is 0 Å². The number of nitrogens with one attached hydrogen (secondary N) is 1. The van der Waals surface area contributed by atoms with E-state index in [-0.39, 0.29) is 30.9 Å². The highest BCUT2D eigenvalue weighted by atomic mass is 35.5. The Morgan fingerprint density at radius 2 is 2.06 bits per heavy atom. The first-order chi connectivity index (χ1) is 7.83. The highest BCUT2D eigenvalue weighted by Crippen LogP contribution is 2.27. The van der Waals surface area contributed by atoms with Gasteiger partial charge in [0.15, 0.2) is 0 Å². The fourth-order valence-electron chi connectivity index (χ4n) is 2.03. The summed E-state index contributed by atoms with van der Waals surface area (Å²) in [6.07, 6.45) is 3.23. The van der Waals surface area contributed by atoms with Crippen LogP contribution in [0.5, 0.6) is 0 Å². The minimum Gasteiger partial charge on any atom is -0.314 e. The first-order valence-electron chi connectivity index (χ1n) is 5.43. The lowest BCUT2D eigenvalue weighted by Gasteiger charge is -2.33. The second-order valence-electron chi connectivity index (χ2n) is 3.85. The fourth-order valence-corrected chi connectivity index (χ4v) is 2.27. The zero-order valence-electron chi connectivity index (χ0n) is 9.81. The van der Waals surface area contributed by atoms with Crippen molar-refractivity contribution < 1.29 is 4.39 Å². The molecule has 0 saturated carbocycles. The van der Waals surface area contributed by atoms with E-state index in [1.807, 2.05) is 0 Å². The van der Waals surface area contributed by atoms with E-state index in [1.54, 1.807) is 18.5 Å². The Kier molecular flexibility index (Phi) is 8.82. The molecule has 0 bridgehead atoms. The molecule has 1 aromatic heterocycles. The number of rotatable bonds is 3. The van der Waals surface area contributed by atoms with Crippen LogP contribution in [0.1, 0.15) is 11.6 Å². The summed E-state index contributed by atoms with van der Waals surface area (Å²) in [6.45, 7) is 3.10. The Hall–Kier alpha value is -0.130. The van der Waals surface area contributed by atoms with E-state index < -0.39 is 6.67 Å². The van der Waals surface area contributed by atoms with Crippen molar-refractivity contribution in [2.45, 2.75) is 6.04 Å². The largest absolute Gasteiger partial charge is 0.314 e. The number of alkyl halides is 1. The van der Waals surface area contributed by atoms with Crippen LogP contribution in [0.15, 0.2) is 18.5 Å². The van der Waals surface area contributed by atoms with E-state index >= 15 is 0 Å². The van der Waals surface area contributed by atoms with Gasteiger partial charge in [-0.3, -0.25) is 9.88 Å². The second kappa shape index (κ2) is 8.88. The molecule has 2 heterocycles. The molecule has 1 aliphatic heterocycles. The van der Waals surface area contributed by atoms with Crippen LogP contribution in [0.2, 0.25) is 5.02 Å². The van der Waals surface area contributed by atoms with Gasteiger partial charge >= 0.3 is 0 Å². The van der Waals surface area contributed by atoms with Crippen molar-refractivity contribution in [3.63, 3.8) is 0 Å². The normalized spacial score (nSPS) is 17.4. The predicted octanol–water partition coefficient (Wildman–Crippen LogP) is 2.49. The van der Waals surface area contributed by atoms with Gasteiger partial charge in [0.05, 0.1) is 11.1 Å². The van der Waals surface area contributed by atoms with E-state index in [0.29, 0.717) is 5.02 Å². The van der Waals surface area contributed by atoms with Crippen molar-refractivity contribution in [2.75, 3.05) is 32.9 Å². The van der Waals surface area contributed by atoms with Crippen LogP contribution >= 0.6 is 36.4 Å². The first-order valence-corrected chi connectivity index (χ1v) is 5.81. The molecule has 1 fully saturated rings. The molecule has 7 heteroatoms. The summed E-state index contributed by atoms with van der Waals surface area (Å²) in [5.74, 6) is 0. The van der Waals surface area contributed by atoms with E-state index in [0.717, 1.165) is 31.7 Å². The number of piperazine rings is 1. The van der Waals surface area contributed by atoms with Gasteiger partial charge in [0, 0.05) is 38.6 Å². The molecule has 18 heavy (non-hydrogen) atoms. The molecular formula is C11H17Cl3FN3. The van der Waals surface area contributed by atoms with E-state index in [9.17, 15) is 4.39 Å². The van der Waals surface area contributed by atoms with Crippen LogP contribution in [0.4, 0.5) is 4.39 Å². The standard InChI is InChI=1S/C11H15ClFN3.2ClH/c12-10-8-15-2-1-9(10)11(7-13)16-5-3-14-4-6-16;;/h1-2,8,11,14H,3-7H2;2*1H/t11-;;/m0../s1. The summed E-state index contributed by atoms with van der Waals surface area (Å²) in [7, 11) is 0. The number of halogens is 4. The van der Waals surface area contributed by atoms with E-state index in [2.05, 4.69) is 15.2 Å². The lowest BCUT2D eigenvalue weighted by Crippen LogP contribution is -2.45. The van der Waals surface area contributed by atoms with Gasteiger partial charge in [0.25, 0.3) is 0 Å². The Morgan fingerprint density at radius 1 is 1.39 bits per heavy atom. The molecule has 0 aliphatic carbocycles. The number of hydrogen-bond donors (Lipinski definition) is 1. The number of aromatic nitrogens is 1. The zero-order chi connectivity index (χ0) is 11.4. The molecule has 104 valence electrons. The van der Waals surface area contributed by atoms with Crippen LogP contribution in [0.25, 0.3) is 0 Å². The monoisotopic (exact) mass is 315 g/mol. The summed E-state index contributed by atoms with van der Waals surface area (Å²) in [5, 5.41) is 3.80. The average Bonchev–Trinajstić information content (AvgIpc) is 2.34. The summed E-state index contributed by atoms with van der Waals surface area (Å²) < 4.78 is 13.2. The highest BCUT2D eigenvalue weighted by Gasteiger charge is 2.23. The highest BCUT2D eigenvalue weighted by molar-refractivity contribution is 6.31. The number of pyridine rings is 1. The third-order valence-corrected chi connectivity index (χ3v) is 3.22. The average molecular weight is 317 g/mol. The van der Waals surface area contributed by atoms with Gasteiger partial charge in [0.1, 0.15) is 6.67 Å². The van der Waals surface area contributed by atoms with Crippen LogP contribution < -0.4 is 5.32 Å². The number of nitrogens with zero attached hydrogens (tertiary/aromatic N) is 2.